The van der Waals surface area contributed by atoms with Crippen LogP contribution in [-0.2, 0) is 0 Å². The first-order chi connectivity index (χ1) is 14.5. The molecular weight excluding hydrogens is 433 g/mol. The molecule has 0 bridgehead atoms. The lowest BCUT2D eigenvalue weighted by atomic mass is 10.2. The maximum absolute atomic E-state index is 10.0. The lowest BCUT2D eigenvalue weighted by molar-refractivity contribution is 0.314. The molecule has 152 valence electrons. The molecule has 0 amide bonds. The van der Waals surface area contributed by atoms with Gasteiger partial charge >= 0.3 is 0 Å². The molecule has 0 aliphatic heterocycles. The Kier molecular flexibility index (Phi) is 5.50. The Morgan fingerprint density at radius 1 is 1.03 bits per heavy atom. The zero-order valence-corrected chi connectivity index (χ0v) is 16.8. The molecule has 4 aromatic rings. The van der Waals surface area contributed by atoms with Crippen LogP contribution in [0.25, 0.3) is 11.3 Å². The van der Waals surface area contributed by atoms with Gasteiger partial charge < -0.3 is 15.2 Å². The number of benzene rings is 2. The summed E-state index contributed by atoms with van der Waals surface area (Å²) in [7, 11) is 1.51. The van der Waals surface area contributed by atoms with E-state index in [1.165, 1.54) is 19.4 Å². The fraction of sp³-hybridized carbons (Fsp3) is 0.0556. The van der Waals surface area contributed by atoms with Crippen molar-refractivity contribution in [1.29, 1.82) is 0 Å². The van der Waals surface area contributed by atoms with E-state index >= 15 is 0 Å². The molecule has 2 heterocycles. The van der Waals surface area contributed by atoms with E-state index < -0.39 is 0 Å². The number of methoxy groups -OCH3 is 1. The minimum atomic E-state index is 0.0105. The minimum Gasteiger partial charge on any atom is -0.507 e. The molecule has 30 heavy (non-hydrogen) atoms. The smallest absolute Gasteiger partial charge is 0.245 e. The number of nitrogens with zero attached hydrogens (tertiary/aromatic N) is 5. The molecule has 0 aliphatic rings. The summed E-state index contributed by atoms with van der Waals surface area (Å²) >= 11 is 12.0. The molecule has 4 rings (SSSR count). The van der Waals surface area contributed by atoms with Gasteiger partial charge in [0.15, 0.2) is 11.6 Å². The molecule has 10 nitrogen and oxygen atoms in total. The van der Waals surface area contributed by atoms with Crippen LogP contribution in [0.2, 0.25) is 10.0 Å². The topological polar surface area (TPSA) is 131 Å². The number of aromatic hydroxyl groups is 1. The van der Waals surface area contributed by atoms with Crippen molar-refractivity contribution in [2.24, 2.45) is 5.10 Å². The Bertz CT molecular complexity index is 1250. The van der Waals surface area contributed by atoms with Crippen molar-refractivity contribution >= 4 is 58.0 Å². The monoisotopic (exact) mass is 445 g/mol. The highest BCUT2D eigenvalue weighted by molar-refractivity contribution is 6.42. The van der Waals surface area contributed by atoms with Crippen LogP contribution in [0, 0.1) is 0 Å². The molecule has 2 aromatic carbocycles. The molecule has 12 heteroatoms. The summed E-state index contributed by atoms with van der Waals surface area (Å²) in [5.74, 6) is 1.08. The Morgan fingerprint density at radius 3 is 2.50 bits per heavy atom. The van der Waals surface area contributed by atoms with E-state index in [1.807, 2.05) is 0 Å². The zero-order valence-electron chi connectivity index (χ0n) is 15.3. The number of ether oxygens (including phenoxy) is 1. The van der Waals surface area contributed by atoms with Crippen LogP contribution in [0.5, 0.6) is 11.5 Å². The predicted molar refractivity (Wildman–Crippen MR) is 113 cm³/mol. The van der Waals surface area contributed by atoms with Gasteiger partial charge in [0.1, 0.15) is 11.5 Å². The summed E-state index contributed by atoms with van der Waals surface area (Å²) in [6.07, 6.45) is 1.42. The Hall–Kier alpha value is -3.63. The number of hydrazone groups is 1. The first kappa shape index (κ1) is 19.7. The predicted octanol–water partition coefficient (Wildman–Crippen LogP) is 4.22. The Labute approximate surface area is 179 Å². The molecule has 0 fully saturated rings. The third-order valence-electron chi connectivity index (χ3n) is 3.91. The zero-order chi connectivity index (χ0) is 21.1. The third kappa shape index (κ3) is 4.19. The van der Waals surface area contributed by atoms with Crippen LogP contribution in [0.4, 0.5) is 17.3 Å². The molecule has 0 unspecified atom stereocenters. The summed E-state index contributed by atoms with van der Waals surface area (Å²) in [5.41, 5.74) is 4.26. The number of phenols is 1. The van der Waals surface area contributed by atoms with Gasteiger partial charge in [-0.2, -0.15) is 10.1 Å². The van der Waals surface area contributed by atoms with Crippen molar-refractivity contribution in [3.8, 4) is 11.5 Å². The van der Waals surface area contributed by atoms with E-state index in [9.17, 15) is 5.11 Å². The molecule has 3 N–H and O–H groups in total. The molecule has 0 atom stereocenters. The number of anilines is 3. The fourth-order valence-electron chi connectivity index (χ4n) is 2.44. The van der Waals surface area contributed by atoms with Gasteiger partial charge in [-0.15, -0.1) is 0 Å². The summed E-state index contributed by atoms with van der Waals surface area (Å²) in [6, 6.07) is 9.85. The van der Waals surface area contributed by atoms with Crippen molar-refractivity contribution in [2.75, 3.05) is 17.9 Å². The molecule has 0 spiro atoms. The van der Waals surface area contributed by atoms with Gasteiger partial charge in [0.2, 0.25) is 11.3 Å². The van der Waals surface area contributed by atoms with E-state index in [2.05, 4.69) is 40.8 Å². The largest absolute Gasteiger partial charge is 0.507 e. The van der Waals surface area contributed by atoms with Crippen molar-refractivity contribution in [3.63, 3.8) is 0 Å². The van der Waals surface area contributed by atoms with E-state index in [4.69, 9.17) is 27.9 Å². The first-order valence-electron chi connectivity index (χ1n) is 8.42. The summed E-state index contributed by atoms with van der Waals surface area (Å²) in [6.45, 7) is 0. The number of fused-ring (bicyclic) bond motifs is 1. The van der Waals surface area contributed by atoms with Gasteiger partial charge in [0.05, 0.1) is 23.4 Å². The van der Waals surface area contributed by atoms with Crippen LogP contribution < -0.4 is 15.5 Å². The van der Waals surface area contributed by atoms with Gasteiger partial charge in [-0.3, -0.25) is 5.43 Å². The minimum absolute atomic E-state index is 0.0105. The van der Waals surface area contributed by atoms with Crippen LogP contribution in [0.15, 0.2) is 46.1 Å². The van der Waals surface area contributed by atoms with Gasteiger partial charge in [0, 0.05) is 17.3 Å². The van der Waals surface area contributed by atoms with Crippen LogP contribution >= 0.6 is 23.2 Å². The average molecular weight is 446 g/mol. The number of phenolic OH excluding ortho intramolecular Hbond substituents is 1. The number of rotatable bonds is 6. The summed E-state index contributed by atoms with van der Waals surface area (Å²) in [5, 5.41) is 25.4. The van der Waals surface area contributed by atoms with E-state index in [1.54, 1.807) is 30.3 Å². The highest BCUT2D eigenvalue weighted by Gasteiger charge is 2.13. The van der Waals surface area contributed by atoms with Crippen molar-refractivity contribution in [1.82, 2.24) is 20.3 Å². The van der Waals surface area contributed by atoms with E-state index in [-0.39, 0.29) is 22.9 Å². The number of aromatic nitrogens is 4. The lowest BCUT2D eigenvalue weighted by Gasteiger charge is -2.10. The Balaban J connectivity index is 1.62. The molecule has 2 aromatic heterocycles. The molecule has 0 radical (unpaired) electrons. The Morgan fingerprint density at radius 2 is 1.80 bits per heavy atom. The molecule has 0 saturated carbocycles. The van der Waals surface area contributed by atoms with E-state index in [0.29, 0.717) is 32.9 Å². The molecular formula is C18H13Cl2N7O3. The van der Waals surface area contributed by atoms with Gasteiger partial charge in [-0.1, -0.05) is 23.2 Å². The molecule has 0 saturated heterocycles. The van der Waals surface area contributed by atoms with Gasteiger partial charge in [0.25, 0.3) is 0 Å². The van der Waals surface area contributed by atoms with E-state index in [0.717, 1.165) is 0 Å². The lowest BCUT2D eigenvalue weighted by Crippen LogP contribution is -2.03. The number of halogens is 2. The number of hydrogen-bond acceptors (Lipinski definition) is 10. The second-order valence-electron chi connectivity index (χ2n) is 5.88. The normalized spacial score (nSPS) is 11.2. The number of nitrogens with one attached hydrogen (secondary N) is 2. The third-order valence-corrected chi connectivity index (χ3v) is 4.65. The van der Waals surface area contributed by atoms with Gasteiger partial charge in [-0.25, -0.2) is 9.61 Å². The van der Waals surface area contributed by atoms with Crippen molar-refractivity contribution in [3.05, 3.63) is 52.0 Å². The first-order valence-corrected chi connectivity index (χ1v) is 9.17. The summed E-state index contributed by atoms with van der Waals surface area (Å²) in [4.78, 5) is 8.62. The maximum atomic E-state index is 10.0. The van der Waals surface area contributed by atoms with Crippen LogP contribution in [0.3, 0.4) is 0 Å². The maximum Gasteiger partial charge on any atom is 0.245 e. The highest BCUT2D eigenvalue weighted by Crippen LogP contribution is 2.29. The SMILES string of the molecule is COc1ccc(/C=N/Nc2nc3nonc3nc2Nc2ccc(Cl)c(Cl)c2)c(O)c1. The quantitative estimate of drug-likeness (QED) is 0.294. The highest BCUT2D eigenvalue weighted by atomic mass is 35.5. The molecule has 0 aliphatic carbocycles. The standard InChI is InChI=1S/C18H13Cl2N7O3/c1-29-11-4-2-9(14(28)7-11)8-21-25-16-15(23-17-18(24-16)27-30-26-17)22-10-3-5-12(19)13(20)6-10/h2-8,28H,1H3,(H,22,23,26)(H,24,25,27)/b21-8+. The van der Waals surface area contributed by atoms with Crippen molar-refractivity contribution in [2.45, 2.75) is 0 Å². The number of hydrogen-bond donors (Lipinski definition) is 3. The van der Waals surface area contributed by atoms with Crippen LogP contribution in [-0.4, -0.2) is 38.7 Å². The summed E-state index contributed by atoms with van der Waals surface area (Å²) < 4.78 is 9.73. The van der Waals surface area contributed by atoms with Crippen molar-refractivity contribution < 1.29 is 14.5 Å². The van der Waals surface area contributed by atoms with Gasteiger partial charge in [-0.05, 0) is 40.6 Å². The fourth-order valence-corrected chi connectivity index (χ4v) is 2.73. The van der Waals surface area contributed by atoms with Crippen LogP contribution in [0.1, 0.15) is 5.56 Å². The second-order valence-corrected chi connectivity index (χ2v) is 6.70. The second kappa shape index (κ2) is 8.39. The average Bonchev–Trinajstić information content (AvgIpc) is 3.19.